The van der Waals surface area contributed by atoms with Gasteiger partial charge in [-0.25, -0.2) is 4.98 Å². The first kappa shape index (κ1) is 29.5. The molecule has 0 fully saturated rings. The molecular weight excluding hydrogens is 518 g/mol. The summed E-state index contributed by atoms with van der Waals surface area (Å²) in [6.45, 7) is -0.196. The molecule has 2 radical (unpaired) electrons. The van der Waals surface area contributed by atoms with Crippen LogP contribution in [0.4, 0.5) is 5.82 Å². The van der Waals surface area contributed by atoms with Crippen molar-refractivity contribution in [3.8, 4) is 11.1 Å². The molecule has 0 aliphatic rings. The summed E-state index contributed by atoms with van der Waals surface area (Å²) in [6, 6.07) is 12.0. The Morgan fingerprint density at radius 2 is 1.69 bits per heavy atom. The number of aliphatic hydroxyl groups excluding tert-OH is 1. The van der Waals surface area contributed by atoms with Gasteiger partial charge < -0.3 is 51.4 Å². The van der Waals surface area contributed by atoms with Crippen LogP contribution in [0.15, 0.2) is 54.9 Å². The lowest BCUT2D eigenvalue weighted by atomic mass is 9.82. The zero-order valence-corrected chi connectivity index (χ0v) is 19.9. The molecule has 3 rings (SSSR count). The minimum atomic E-state index is -4.10. The summed E-state index contributed by atoms with van der Waals surface area (Å²) >= 11 is 11.6. The molecule has 10 N–H and O–H groups in total. The zero-order valence-electron chi connectivity index (χ0n) is 18.4. The molecule has 2 aromatic heterocycles. The standard InChI is InChI=1S/C15H18BClN4O8.C6H5Cl/c16-14(25,26)13(24,15(27,28)29)21-11-4-8(9(17)6-20-11)7-3-10(19-5-7)12(23)18-1-2-22;7-6-4-2-1-3-5-6/h3-6,19,22,24-29H,1-2H2,(H,18,23)(H,20,21);1-5H. The first-order valence-corrected chi connectivity index (χ1v) is 10.8. The first-order chi connectivity index (χ1) is 16.7. The number of carbonyl (C=O) groups excluding carboxylic acids is 1. The normalized spacial score (nSPS) is 13.2. The van der Waals surface area contributed by atoms with Gasteiger partial charge in [-0.2, -0.15) is 0 Å². The summed E-state index contributed by atoms with van der Waals surface area (Å²) in [4.78, 5) is 18.3. The van der Waals surface area contributed by atoms with Gasteiger partial charge in [-0.3, -0.25) is 4.79 Å². The molecule has 0 aliphatic carbocycles. The van der Waals surface area contributed by atoms with Crippen molar-refractivity contribution in [2.75, 3.05) is 18.5 Å². The van der Waals surface area contributed by atoms with Crippen LogP contribution < -0.4 is 10.6 Å². The minimum absolute atomic E-state index is 0.0459. The summed E-state index contributed by atoms with van der Waals surface area (Å²) in [5.74, 6) is -5.00. The maximum absolute atomic E-state index is 11.9. The lowest BCUT2D eigenvalue weighted by Gasteiger charge is -2.43. The highest BCUT2D eigenvalue weighted by molar-refractivity contribution is 6.33. The second-order valence-corrected chi connectivity index (χ2v) is 8.17. The van der Waals surface area contributed by atoms with E-state index in [0.717, 1.165) is 17.3 Å². The Kier molecular flexibility index (Phi) is 9.85. The molecule has 3 aromatic rings. The van der Waals surface area contributed by atoms with Gasteiger partial charge in [0.05, 0.1) is 11.6 Å². The molecule has 0 saturated carbocycles. The number of nitrogens with zero attached hydrogens (tertiary/aromatic N) is 1. The van der Waals surface area contributed by atoms with Crippen molar-refractivity contribution in [3.63, 3.8) is 0 Å². The van der Waals surface area contributed by atoms with Crippen molar-refractivity contribution in [1.29, 1.82) is 0 Å². The van der Waals surface area contributed by atoms with Crippen LogP contribution in [0, 0.1) is 0 Å². The smallest absolute Gasteiger partial charge is 0.331 e. The zero-order chi connectivity index (χ0) is 27.1. The second kappa shape index (κ2) is 12.0. The number of nitrogens with one attached hydrogen (secondary N) is 3. The lowest BCUT2D eigenvalue weighted by Crippen LogP contribution is -2.72. The summed E-state index contributed by atoms with van der Waals surface area (Å²) < 4.78 is 0. The third-order valence-electron chi connectivity index (χ3n) is 4.55. The SMILES string of the molecule is Clc1ccccc1.[B]C(O)(O)C(O)(Nc1cc(-c2c[nH]c(C(=O)NCCO)c2)c(Cl)cn1)C(O)(O)O. The third-order valence-corrected chi connectivity index (χ3v) is 5.10. The van der Waals surface area contributed by atoms with E-state index in [1.165, 1.54) is 12.3 Å². The van der Waals surface area contributed by atoms with Crippen LogP contribution >= 0.6 is 23.2 Å². The van der Waals surface area contributed by atoms with E-state index < -0.39 is 29.1 Å². The number of halogens is 2. The molecule has 0 bridgehead atoms. The van der Waals surface area contributed by atoms with Crippen molar-refractivity contribution in [2.24, 2.45) is 0 Å². The van der Waals surface area contributed by atoms with E-state index >= 15 is 0 Å². The lowest BCUT2D eigenvalue weighted by molar-refractivity contribution is -0.424. The first-order valence-electron chi connectivity index (χ1n) is 10.0. The van der Waals surface area contributed by atoms with E-state index in [-0.39, 0.29) is 29.4 Å². The third kappa shape index (κ3) is 7.40. The Morgan fingerprint density at radius 3 is 2.19 bits per heavy atom. The number of amides is 1. The van der Waals surface area contributed by atoms with Crippen LogP contribution in [-0.4, -0.2) is 90.0 Å². The number of hydrogen-bond acceptors (Lipinski definition) is 10. The quantitative estimate of drug-likeness (QED) is 0.128. The molecule has 1 unspecified atom stereocenters. The van der Waals surface area contributed by atoms with Crippen LogP contribution in [0.3, 0.4) is 0 Å². The maximum atomic E-state index is 11.9. The predicted molar refractivity (Wildman–Crippen MR) is 131 cm³/mol. The maximum Gasteiger partial charge on any atom is 0.331 e. The molecule has 0 spiro atoms. The number of anilines is 1. The van der Waals surface area contributed by atoms with E-state index in [4.69, 9.17) is 36.2 Å². The van der Waals surface area contributed by atoms with Gasteiger partial charge in [0.25, 0.3) is 11.6 Å². The molecule has 15 heteroatoms. The number of aromatic nitrogens is 2. The summed E-state index contributed by atoms with van der Waals surface area (Å²) in [7, 11) is 4.90. The molecule has 0 aliphatic heterocycles. The molecule has 1 amide bonds. The topological polar surface area (TPSA) is 211 Å². The average Bonchev–Trinajstić information content (AvgIpc) is 3.28. The molecule has 12 nitrogen and oxygen atoms in total. The largest absolute Gasteiger partial charge is 0.395 e. The molecule has 0 saturated heterocycles. The molecule has 192 valence electrons. The van der Waals surface area contributed by atoms with Crippen molar-refractivity contribution < 1.29 is 40.5 Å². The molecule has 2 heterocycles. The van der Waals surface area contributed by atoms with Crippen LogP contribution in [-0.2, 0) is 0 Å². The minimum Gasteiger partial charge on any atom is -0.395 e. The Hall–Kier alpha value is -2.72. The fourth-order valence-electron chi connectivity index (χ4n) is 2.70. The second-order valence-electron chi connectivity index (χ2n) is 7.32. The van der Waals surface area contributed by atoms with Gasteiger partial charge in [-0.15, -0.1) is 0 Å². The number of aliphatic hydroxyl groups is 7. The molecular formula is C21H23BCl2N4O8. The van der Waals surface area contributed by atoms with Gasteiger partial charge in [0.2, 0.25) is 0 Å². The highest BCUT2D eigenvalue weighted by Crippen LogP contribution is 2.33. The predicted octanol–water partition coefficient (Wildman–Crippen LogP) is -0.670. The van der Waals surface area contributed by atoms with Gasteiger partial charge >= 0.3 is 5.97 Å². The highest BCUT2D eigenvalue weighted by atomic mass is 35.5. The number of carbonyl (C=O) groups is 1. The number of aromatic amines is 1. The van der Waals surface area contributed by atoms with Crippen molar-refractivity contribution in [1.82, 2.24) is 15.3 Å². The summed E-state index contributed by atoms with van der Waals surface area (Å²) in [6.07, 6.45) is 2.48. The number of hydrogen-bond donors (Lipinski definition) is 10. The van der Waals surface area contributed by atoms with E-state index in [2.05, 4.69) is 15.3 Å². The fraction of sp³-hybridized carbons (Fsp3) is 0.238. The Bertz CT molecular complexity index is 1140. The van der Waals surface area contributed by atoms with Gasteiger partial charge in [0.15, 0.2) is 13.5 Å². The number of benzene rings is 1. The van der Waals surface area contributed by atoms with Crippen LogP contribution in [0.1, 0.15) is 10.5 Å². The van der Waals surface area contributed by atoms with Crippen molar-refractivity contribution in [3.05, 3.63) is 70.6 Å². The van der Waals surface area contributed by atoms with Crippen molar-refractivity contribution in [2.45, 2.75) is 17.4 Å². The monoisotopic (exact) mass is 540 g/mol. The van der Waals surface area contributed by atoms with Crippen molar-refractivity contribution >= 4 is 42.8 Å². The number of rotatable bonds is 8. The van der Waals surface area contributed by atoms with E-state index in [0.29, 0.717) is 5.56 Å². The molecule has 1 atom stereocenters. The van der Waals surface area contributed by atoms with Crippen LogP contribution in [0.25, 0.3) is 11.1 Å². The van der Waals surface area contributed by atoms with Gasteiger partial charge in [0, 0.05) is 35.1 Å². The molecule has 1 aromatic carbocycles. The number of pyridine rings is 1. The van der Waals surface area contributed by atoms with Gasteiger partial charge in [0.1, 0.15) is 11.5 Å². The summed E-state index contributed by atoms with van der Waals surface area (Å²) in [5.41, 5.74) is -6.68. The van der Waals surface area contributed by atoms with E-state index in [1.54, 1.807) is 0 Å². The fourth-order valence-corrected chi connectivity index (χ4v) is 3.05. The van der Waals surface area contributed by atoms with Gasteiger partial charge in [-0.05, 0) is 24.3 Å². The van der Waals surface area contributed by atoms with Gasteiger partial charge in [-0.1, -0.05) is 41.4 Å². The Balaban J connectivity index is 0.000000558. The average molecular weight is 541 g/mol. The highest BCUT2D eigenvalue weighted by Gasteiger charge is 2.59. The summed E-state index contributed by atoms with van der Waals surface area (Å²) in [5, 5.41) is 70.7. The number of H-pyrrole nitrogens is 1. The Morgan fingerprint density at radius 1 is 1.06 bits per heavy atom. The molecule has 36 heavy (non-hydrogen) atoms. The van der Waals surface area contributed by atoms with Crippen LogP contribution in [0.2, 0.25) is 10.0 Å². The van der Waals surface area contributed by atoms with Crippen LogP contribution in [0.5, 0.6) is 0 Å². The van der Waals surface area contributed by atoms with E-state index in [1.807, 2.05) is 35.6 Å². The van der Waals surface area contributed by atoms with E-state index in [9.17, 15) is 35.4 Å². The Labute approximate surface area is 216 Å².